The van der Waals surface area contributed by atoms with Gasteiger partial charge in [0.25, 0.3) is 11.6 Å². The van der Waals surface area contributed by atoms with Gasteiger partial charge in [0.2, 0.25) is 11.9 Å². The normalized spacial score (nSPS) is 9.93. The summed E-state index contributed by atoms with van der Waals surface area (Å²) in [5, 5.41) is 8.35. The van der Waals surface area contributed by atoms with E-state index in [2.05, 4.69) is 77.4 Å². The molecule has 0 amide bonds. The predicted molar refractivity (Wildman–Crippen MR) is 337 cm³/mol. The summed E-state index contributed by atoms with van der Waals surface area (Å²) in [6.07, 6.45) is 1.99. The molecule has 19 heteroatoms. The van der Waals surface area contributed by atoms with Gasteiger partial charge in [-0.1, -0.05) is 160 Å². The average Bonchev–Trinajstić information content (AvgIpc) is 3.43. The Balaban J connectivity index is 0.000000901. The molecule has 0 saturated heterocycles. The number of amidine groups is 2. The summed E-state index contributed by atoms with van der Waals surface area (Å²) < 4.78 is 4.66. The largest absolute Gasteiger partial charge is 0.389 e. The number of hydrogen-bond acceptors (Lipinski definition) is 15. The second kappa shape index (κ2) is 38.7. The molecule has 0 saturated carbocycles. The van der Waals surface area contributed by atoms with Crippen LogP contribution in [0.2, 0.25) is 0 Å². The highest BCUT2D eigenvalue weighted by molar-refractivity contribution is 6.14. The van der Waals surface area contributed by atoms with Crippen molar-refractivity contribution in [3.63, 3.8) is 0 Å². The summed E-state index contributed by atoms with van der Waals surface area (Å²) in [6, 6.07) is 42.9. The Hall–Kier alpha value is -9.78. The van der Waals surface area contributed by atoms with Gasteiger partial charge in [-0.3, -0.25) is 25.0 Å². The monoisotopic (exact) mass is 1090 g/mol. The van der Waals surface area contributed by atoms with Crippen LogP contribution in [0.1, 0.15) is 98.6 Å². The van der Waals surface area contributed by atoms with Crippen molar-refractivity contribution >= 4 is 79.7 Å². The Kier molecular flexibility index (Phi) is 34.0. The molecule has 0 fully saturated rings. The fourth-order valence-corrected chi connectivity index (χ4v) is 6.13. The Labute approximate surface area is 470 Å². The number of Topliss-reactive ketones (excluding diaryl/α,β-unsaturated/α-hetero) is 1. The first-order chi connectivity index (χ1) is 38.0. The molecule has 6 aromatic carbocycles. The van der Waals surface area contributed by atoms with E-state index in [1.807, 2.05) is 154 Å². The Bertz CT molecular complexity index is 3290. The highest BCUT2D eigenvalue weighted by atomic mass is 16.4. The summed E-state index contributed by atoms with van der Waals surface area (Å²) in [7, 11) is 1.54. The molecule has 3 aromatic heterocycles. The van der Waals surface area contributed by atoms with E-state index in [1.54, 1.807) is 30.5 Å². The molecule has 0 unspecified atom stereocenters. The number of benzene rings is 6. The molecule has 0 atom stereocenters. The number of fused-ring (bicyclic) bond motifs is 4. The lowest BCUT2D eigenvalue weighted by Crippen LogP contribution is -2.21. The number of ketones is 1. The number of aromatic amines is 1. The fourth-order valence-electron chi connectivity index (χ4n) is 6.13. The Morgan fingerprint density at radius 2 is 1.01 bits per heavy atom. The molecule has 80 heavy (non-hydrogen) atoms. The maximum Gasteiger partial charge on any atom is 0.348 e. The number of aromatic nitrogens is 5. The van der Waals surface area contributed by atoms with Crippen molar-refractivity contribution in [3.05, 3.63) is 199 Å². The van der Waals surface area contributed by atoms with Crippen LogP contribution in [0.15, 0.2) is 164 Å². The highest BCUT2D eigenvalue weighted by Crippen LogP contribution is 2.25. The van der Waals surface area contributed by atoms with Gasteiger partial charge in [-0.25, -0.2) is 24.7 Å². The number of hydrogen-bond donors (Lipinski definition) is 9. The number of anilines is 3. The van der Waals surface area contributed by atoms with Gasteiger partial charge in [-0.15, -0.1) is 0 Å². The van der Waals surface area contributed by atoms with Gasteiger partial charge in [0.1, 0.15) is 5.84 Å². The first-order valence-electron chi connectivity index (χ1n) is 25.8. The summed E-state index contributed by atoms with van der Waals surface area (Å²) >= 11 is 0. The minimum atomic E-state index is -0.439. The number of nitrogen functional groups attached to an aromatic ring is 3. The molecule has 1 aliphatic heterocycles. The van der Waals surface area contributed by atoms with Crippen LogP contribution in [0.5, 0.6) is 0 Å². The van der Waals surface area contributed by atoms with Crippen molar-refractivity contribution in [2.45, 2.75) is 96.4 Å². The van der Waals surface area contributed by atoms with Crippen molar-refractivity contribution < 1.29 is 9.21 Å². The number of rotatable bonds is 0. The van der Waals surface area contributed by atoms with Crippen LogP contribution in [0, 0.1) is 47.0 Å². The zero-order valence-corrected chi connectivity index (χ0v) is 48.8. The number of nitrogens with zero attached hydrogens (tertiary/aromatic N) is 6. The third-order valence-electron chi connectivity index (χ3n) is 9.63. The lowest BCUT2D eigenvalue weighted by molar-refractivity contribution is 0.0999. The summed E-state index contributed by atoms with van der Waals surface area (Å²) in [5.41, 5.74) is 45.8. The molecule has 9 aromatic rings. The van der Waals surface area contributed by atoms with Gasteiger partial charge in [0, 0.05) is 24.2 Å². The van der Waals surface area contributed by atoms with Crippen LogP contribution < -0.4 is 51.3 Å². The van der Waals surface area contributed by atoms with Gasteiger partial charge in [0.15, 0.2) is 11.7 Å². The topological polar surface area (TPSA) is 362 Å². The zero-order valence-electron chi connectivity index (χ0n) is 48.8. The first-order valence-corrected chi connectivity index (χ1v) is 25.8. The van der Waals surface area contributed by atoms with E-state index in [4.69, 9.17) is 45.5 Å². The van der Waals surface area contributed by atoms with Crippen molar-refractivity contribution in [2.75, 3.05) is 24.2 Å². The van der Waals surface area contributed by atoms with E-state index >= 15 is 0 Å². The van der Waals surface area contributed by atoms with Crippen LogP contribution in [-0.4, -0.2) is 55.4 Å². The fraction of sp³-hybridized carbons (Fsp3) is 0.246. The van der Waals surface area contributed by atoms with E-state index in [0.29, 0.717) is 44.8 Å². The summed E-state index contributed by atoms with van der Waals surface area (Å²) in [6.45, 7) is 25.5. The molecular formula is C61H83N15O4. The van der Waals surface area contributed by atoms with Crippen LogP contribution in [0.3, 0.4) is 0 Å². The van der Waals surface area contributed by atoms with Gasteiger partial charge in [-0.05, 0) is 97.0 Å². The van der Waals surface area contributed by atoms with Gasteiger partial charge in [0.05, 0.1) is 45.3 Å². The minimum absolute atomic E-state index is 0.0613. The van der Waals surface area contributed by atoms with Crippen LogP contribution in [-0.2, 0) is 0 Å². The second-order valence-electron chi connectivity index (χ2n) is 16.5. The van der Waals surface area contributed by atoms with E-state index in [0.717, 1.165) is 27.6 Å². The van der Waals surface area contributed by atoms with Gasteiger partial charge in [-0.2, -0.15) is 4.98 Å². The van der Waals surface area contributed by atoms with E-state index in [1.165, 1.54) is 30.7 Å². The van der Waals surface area contributed by atoms with E-state index < -0.39 is 5.63 Å². The van der Waals surface area contributed by atoms with Crippen LogP contribution in [0.25, 0.3) is 32.7 Å². The molecule has 0 aliphatic carbocycles. The minimum Gasteiger partial charge on any atom is -0.389 e. The quantitative estimate of drug-likeness (QED) is 0.0503. The lowest BCUT2D eigenvalue weighted by Gasteiger charge is -2.11. The van der Waals surface area contributed by atoms with Crippen molar-refractivity contribution in [1.82, 2.24) is 24.9 Å². The van der Waals surface area contributed by atoms with E-state index in [9.17, 15) is 14.4 Å². The number of nitrogens with one attached hydrogen (secondary N) is 2. The van der Waals surface area contributed by atoms with Crippen molar-refractivity contribution in [1.29, 1.82) is 5.41 Å². The molecule has 0 bridgehead atoms. The number of carbonyl (C=O) groups is 1. The molecule has 426 valence electrons. The number of H-pyrrole nitrogens is 1. The lowest BCUT2D eigenvalue weighted by atomic mass is 10.0. The number of nitrogens with two attached hydrogens (primary N) is 7. The molecule has 0 spiro atoms. The third-order valence-corrected chi connectivity index (χ3v) is 9.63. The maximum absolute atomic E-state index is 11.5. The SMILES string of the molecule is CC.CC.CC.CC(=N)N.CN=C(N)N.Cc1ccc2c(c1)C(=O)CC(N)=N2.Cc1ccc2nc(N)[nH]c(=O)c2c1.Cc1ccc2nc(N)ncc2c1.Cc1ccc2nc(N)oc(=O)c2c1.Cc1ccccc1.Cc1ccccc1. The number of guanidine groups is 1. The smallest absolute Gasteiger partial charge is 0.348 e. The molecule has 16 N–H and O–H groups in total. The summed E-state index contributed by atoms with van der Waals surface area (Å²) in [5.74, 6) is 1.24. The first kappa shape index (κ1) is 70.2. The molecule has 4 heterocycles. The highest BCUT2D eigenvalue weighted by Gasteiger charge is 2.17. The molecule has 19 nitrogen and oxygen atoms in total. The van der Waals surface area contributed by atoms with Gasteiger partial charge >= 0.3 is 5.63 Å². The average molecular weight is 1090 g/mol. The summed E-state index contributed by atoms with van der Waals surface area (Å²) in [4.78, 5) is 59.9. The van der Waals surface area contributed by atoms with Crippen molar-refractivity contribution in [2.24, 2.45) is 32.9 Å². The Morgan fingerprint density at radius 1 is 0.575 bits per heavy atom. The predicted octanol–water partition coefficient (Wildman–Crippen LogP) is 10.9. The molecular weight excluding hydrogens is 1010 g/mol. The van der Waals surface area contributed by atoms with Crippen LogP contribution >= 0.6 is 0 Å². The number of aryl methyl sites for hydroxylation is 6. The van der Waals surface area contributed by atoms with Gasteiger partial charge < -0.3 is 44.6 Å². The Morgan fingerprint density at radius 3 is 1.49 bits per heavy atom. The number of aliphatic imine (C=N–C) groups is 2. The standard InChI is InChI=1S/C10H10N2O.C9H9N3O.C9H9N3.C9H8N2O2.2C7H8.C2H7N3.C2H6N2.3C2H6/c1-6-2-3-8-7(4-6)9(13)5-10(11)12-8;1-5-2-3-7-6(4-5)8(13)12-9(10)11-7;1-6-2-3-8-7(4-6)5-11-9(10)12-8;1-5-2-3-7-6(4-5)8(12)13-9(10)11-7;2*1-7-5-3-2-4-6-7;1-5-2(3)4;1-2(3)4;3*1-2/h2-4H,5H2,1H3,(H2,11,12);2-4H,1H3,(H3,10,11,12,13);2-5H,1H3,(H2,10,11,12);2-4H,1H3,(H2,10,11);2*2-6H,1H3;1H3,(H4,3,4,5);1H3,(H3,3,4);3*1-2H3. The van der Waals surface area contributed by atoms with Crippen LogP contribution in [0.4, 0.5) is 23.6 Å². The molecule has 1 aliphatic rings. The maximum atomic E-state index is 11.5. The van der Waals surface area contributed by atoms with Crippen molar-refractivity contribution in [3.8, 4) is 0 Å². The second-order valence-corrected chi connectivity index (χ2v) is 16.5. The van der Waals surface area contributed by atoms with E-state index in [-0.39, 0.29) is 41.5 Å². The molecule has 0 radical (unpaired) electrons. The third kappa shape index (κ3) is 27.8. The number of carbonyl (C=O) groups excluding carboxylic acids is 1. The zero-order chi connectivity index (χ0) is 60.9. The molecule has 10 rings (SSSR count).